The second-order valence-electron chi connectivity index (χ2n) is 6.41. The van der Waals surface area contributed by atoms with E-state index in [2.05, 4.69) is 52.4 Å². The number of hydrogen-bond acceptors (Lipinski definition) is 4. The quantitative estimate of drug-likeness (QED) is 0.876. The van der Waals surface area contributed by atoms with Gasteiger partial charge in [0.1, 0.15) is 0 Å². The maximum atomic E-state index is 12.1. The molecule has 1 amide bonds. The number of carbonyl (C=O) groups is 1. The van der Waals surface area contributed by atoms with E-state index in [1.54, 1.807) is 0 Å². The molecule has 0 aliphatic carbocycles. The van der Waals surface area contributed by atoms with Crippen LogP contribution in [-0.2, 0) is 6.54 Å². The molecule has 4 nitrogen and oxygen atoms in total. The molecule has 0 spiro atoms. The zero-order valence-electron chi connectivity index (χ0n) is 14.1. The van der Waals surface area contributed by atoms with Crippen LogP contribution in [0.3, 0.4) is 0 Å². The van der Waals surface area contributed by atoms with Gasteiger partial charge in [-0.2, -0.15) is 0 Å². The fourth-order valence-corrected chi connectivity index (χ4v) is 3.73. The van der Waals surface area contributed by atoms with Crippen LogP contribution in [-0.4, -0.2) is 54.5 Å². The van der Waals surface area contributed by atoms with Gasteiger partial charge in [-0.05, 0) is 23.9 Å². The van der Waals surface area contributed by atoms with Crippen molar-refractivity contribution in [2.24, 2.45) is 0 Å². The van der Waals surface area contributed by atoms with Crippen LogP contribution in [0.1, 0.15) is 22.2 Å². The molecule has 2 aromatic rings. The van der Waals surface area contributed by atoms with Gasteiger partial charge in [-0.25, -0.2) is 0 Å². The molecule has 0 bridgehead atoms. The summed E-state index contributed by atoms with van der Waals surface area (Å²) >= 11 is 1.49. The molecule has 0 radical (unpaired) electrons. The molecule has 2 heterocycles. The molecule has 1 fully saturated rings. The summed E-state index contributed by atoms with van der Waals surface area (Å²) in [7, 11) is 0. The highest BCUT2D eigenvalue weighted by Crippen LogP contribution is 2.10. The third-order valence-corrected chi connectivity index (χ3v) is 5.24. The van der Waals surface area contributed by atoms with Gasteiger partial charge in [0.05, 0.1) is 4.88 Å². The molecular weight excluding hydrogens is 318 g/mol. The molecule has 1 aromatic heterocycles. The van der Waals surface area contributed by atoms with E-state index < -0.39 is 0 Å². The average Bonchev–Trinajstić information content (AvgIpc) is 3.12. The lowest BCUT2D eigenvalue weighted by Gasteiger charge is -2.36. The minimum Gasteiger partial charge on any atom is -0.348 e. The van der Waals surface area contributed by atoms with Crippen molar-refractivity contribution in [1.82, 2.24) is 15.1 Å². The van der Waals surface area contributed by atoms with Gasteiger partial charge < -0.3 is 5.32 Å². The van der Waals surface area contributed by atoms with Gasteiger partial charge in [-0.1, -0.05) is 36.4 Å². The summed E-state index contributed by atoms with van der Waals surface area (Å²) in [5, 5.41) is 5.03. The Labute approximate surface area is 148 Å². The normalized spacial score (nSPS) is 17.5. The second kappa shape index (κ2) is 8.42. The Morgan fingerprint density at radius 2 is 1.79 bits per heavy atom. The van der Waals surface area contributed by atoms with Crippen LogP contribution in [0, 0.1) is 0 Å². The van der Waals surface area contributed by atoms with Crippen LogP contribution in [0.2, 0.25) is 0 Å². The molecule has 1 N–H and O–H groups in total. The molecule has 0 saturated carbocycles. The molecular formula is C19H25N3OS. The van der Waals surface area contributed by atoms with Crippen molar-refractivity contribution in [3.05, 3.63) is 58.3 Å². The number of thiophene rings is 1. The van der Waals surface area contributed by atoms with Gasteiger partial charge >= 0.3 is 0 Å². The number of benzene rings is 1. The van der Waals surface area contributed by atoms with Crippen LogP contribution in [0.4, 0.5) is 0 Å². The topological polar surface area (TPSA) is 35.6 Å². The number of carbonyl (C=O) groups excluding carboxylic acids is 1. The van der Waals surface area contributed by atoms with Crippen LogP contribution < -0.4 is 5.32 Å². The van der Waals surface area contributed by atoms with E-state index in [4.69, 9.17) is 0 Å². The molecule has 0 unspecified atom stereocenters. The number of piperazine rings is 1. The first-order chi connectivity index (χ1) is 11.7. The second-order valence-corrected chi connectivity index (χ2v) is 7.36. The van der Waals surface area contributed by atoms with Gasteiger partial charge in [0.25, 0.3) is 5.91 Å². The lowest BCUT2D eigenvalue weighted by atomic mass is 10.2. The molecule has 1 atom stereocenters. The highest BCUT2D eigenvalue weighted by molar-refractivity contribution is 7.12. The van der Waals surface area contributed by atoms with Crippen LogP contribution in [0.15, 0.2) is 47.8 Å². The number of hydrogen-bond donors (Lipinski definition) is 1. The van der Waals surface area contributed by atoms with Gasteiger partial charge in [-0.15, -0.1) is 11.3 Å². The largest absolute Gasteiger partial charge is 0.348 e. The summed E-state index contributed by atoms with van der Waals surface area (Å²) in [5.74, 6) is 0.0419. The Bertz CT molecular complexity index is 621. The van der Waals surface area contributed by atoms with E-state index in [0.717, 1.165) is 44.1 Å². The molecule has 3 rings (SSSR count). The van der Waals surface area contributed by atoms with Crippen molar-refractivity contribution < 1.29 is 4.79 Å². The highest BCUT2D eigenvalue weighted by Gasteiger charge is 2.19. The molecule has 128 valence electrons. The van der Waals surface area contributed by atoms with E-state index in [9.17, 15) is 4.79 Å². The lowest BCUT2D eigenvalue weighted by molar-refractivity contribution is 0.0904. The predicted molar refractivity (Wildman–Crippen MR) is 99.4 cm³/mol. The smallest absolute Gasteiger partial charge is 0.261 e. The Morgan fingerprint density at radius 3 is 2.46 bits per heavy atom. The van der Waals surface area contributed by atoms with Crippen molar-refractivity contribution in [1.29, 1.82) is 0 Å². The maximum Gasteiger partial charge on any atom is 0.261 e. The van der Waals surface area contributed by atoms with Crippen LogP contribution in [0.5, 0.6) is 0 Å². The van der Waals surface area contributed by atoms with E-state index >= 15 is 0 Å². The molecule has 24 heavy (non-hydrogen) atoms. The Hall–Kier alpha value is -1.69. The number of nitrogens with zero attached hydrogens (tertiary/aromatic N) is 2. The fraction of sp³-hybridized carbons (Fsp3) is 0.421. The van der Waals surface area contributed by atoms with E-state index in [-0.39, 0.29) is 11.9 Å². The van der Waals surface area contributed by atoms with Gasteiger partial charge in [0.15, 0.2) is 0 Å². The third kappa shape index (κ3) is 4.90. The van der Waals surface area contributed by atoms with Crippen LogP contribution >= 0.6 is 11.3 Å². The molecule has 1 aromatic carbocycles. The number of amides is 1. The van der Waals surface area contributed by atoms with E-state index in [0.29, 0.717) is 0 Å². The average molecular weight is 343 g/mol. The van der Waals surface area contributed by atoms with Crippen molar-refractivity contribution in [2.75, 3.05) is 32.7 Å². The minimum absolute atomic E-state index is 0.0419. The van der Waals surface area contributed by atoms with Crippen molar-refractivity contribution >= 4 is 17.2 Å². The van der Waals surface area contributed by atoms with Gasteiger partial charge in [0, 0.05) is 45.3 Å². The summed E-state index contributed by atoms with van der Waals surface area (Å²) < 4.78 is 0. The van der Waals surface area contributed by atoms with E-state index in [1.807, 2.05) is 17.5 Å². The van der Waals surface area contributed by atoms with E-state index in [1.165, 1.54) is 16.9 Å². The summed E-state index contributed by atoms with van der Waals surface area (Å²) in [5.41, 5.74) is 1.38. The maximum absolute atomic E-state index is 12.1. The Morgan fingerprint density at radius 1 is 1.08 bits per heavy atom. The predicted octanol–water partition coefficient (Wildman–Crippen LogP) is 2.68. The zero-order valence-corrected chi connectivity index (χ0v) is 15.0. The molecule has 5 heteroatoms. The minimum atomic E-state index is 0.0419. The lowest BCUT2D eigenvalue weighted by Crippen LogP contribution is -2.50. The third-order valence-electron chi connectivity index (χ3n) is 4.37. The van der Waals surface area contributed by atoms with Crippen LogP contribution in [0.25, 0.3) is 0 Å². The summed E-state index contributed by atoms with van der Waals surface area (Å²) in [4.78, 5) is 17.8. The van der Waals surface area contributed by atoms with Gasteiger partial charge in [-0.3, -0.25) is 14.6 Å². The molecule has 1 aliphatic rings. The Kier molecular flexibility index (Phi) is 6.01. The summed E-state index contributed by atoms with van der Waals surface area (Å²) in [6.45, 7) is 8.32. The van der Waals surface area contributed by atoms with Crippen molar-refractivity contribution in [3.63, 3.8) is 0 Å². The molecule has 1 saturated heterocycles. The zero-order chi connectivity index (χ0) is 16.8. The molecule has 1 aliphatic heterocycles. The number of nitrogens with one attached hydrogen (secondary N) is 1. The SMILES string of the molecule is C[C@@H](CN1CCN(Cc2ccccc2)CC1)NC(=O)c1cccs1. The first kappa shape index (κ1) is 17.1. The van der Waals surface area contributed by atoms with Crippen molar-refractivity contribution in [2.45, 2.75) is 19.5 Å². The first-order valence-corrected chi connectivity index (χ1v) is 9.41. The van der Waals surface area contributed by atoms with Crippen molar-refractivity contribution in [3.8, 4) is 0 Å². The Balaban J connectivity index is 1.39. The summed E-state index contributed by atoms with van der Waals surface area (Å²) in [6, 6.07) is 14.6. The standard InChI is InChI=1S/C19H25N3OS/c1-16(20-19(23)18-8-5-13-24-18)14-21-9-11-22(12-10-21)15-17-6-3-2-4-7-17/h2-8,13,16H,9-12,14-15H2,1H3,(H,20,23)/t16-/m0/s1. The number of rotatable bonds is 6. The summed E-state index contributed by atoms with van der Waals surface area (Å²) in [6.07, 6.45) is 0. The monoisotopic (exact) mass is 343 g/mol. The first-order valence-electron chi connectivity index (χ1n) is 8.54. The highest BCUT2D eigenvalue weighted by atomic mass is 32.1. The van der Waals surface area contributed by atoms with Gasteiger partial charge in [0.2, 0.25) is 0 Å². The fourth-order valence-electron chi connectivity index (χ4n) is 3.11.